The van der Waals surface area contributed by atoms with Crippen molar-refractivity contribution in [2.45, 2.75) is 36.7 Å². The van der Waals surface area contributed by atoms with Crippen LogP contribution in [0.1, 0.15) is 19.3 Å². The first kappa shape index (κ1) is 22.3. The summed E-state index contributed by atoms with van der Waals surface area (Å²) in [4.78, 5) is 13.0. The van der Waals surface area contributed by atoms with E-state index in [0.29, 0.717) is 37.0 Å². The van der Waals surface area contributed by atoms with Crippen molar-refractivity contribution in [2.75, 3.05) is 25.6 Å². The van der Waals surface area contributed by atoms with Gasteiger partial charge in [-0.05, 0) is 49.2 Å². The number of rotatable bonds is 7. The fourth-order valence-electron chi connectivity index (χ4n) is 3.84. The molecule has 1 aromatic heterocycles. The van der Waals surface area contributed by atoms with Gasteiger partial charge in [-0.25, -0.2) is 17.5 Å². The summed E-state index contributed by atoms with van der Waals surface area (Å²) in [6.07, 6.45) is 1.76. The second-order valence-electron chi connectivity index (χ2n) is 7.58. The fraction of sp³-hybridized carbons (Fsp3) is 0.381. The van der Waals surface area contributed by atoms with Gasteiger partial charge < -0.3 is 10.1 Å². The molecule has 11 heteroatoms. The minimum Gasteiger partial charge on any atom is -0.383 e. The van der Waals surface area contributed by atoms with Crippen LogP contribution in [0.2, 0.25) is 0 Å². The molecule has 0 unspecified atom stereocenters. The number of carbonyl (C=O) groups excluding carboxylic acids is 1. The van der Waals surface area contributed by atoms with Gasteiger partial charge in [0.05, 0.1) is 23.6 Å². The van der Waals surface area contributed by atoms with E-state index in [1.807, 2.05) is 0 Å². The van der Waals surface area contributed by atoms with Crippen molar-refractivity contribution in [3.05, 3.63) is 48.3 Å². The number of halogens is 1. The second kappa shape index (κ2) is 9.31. The molecule has 0 aliphatic carbocycles. The predicted molar refractivity (Wildman–Crippen MR) is 116 cm³/mol. The van der Waals surface area contributed by atoms with Crippen LogP contribution < -0.4 is 5.32 Å². The first-order valence-electron chi connectivity index (χ1n) is 10.3. The van der Waals surface area contributed by atoms with Gasteiger partial charge in [-0.15, -0.1) is 5.10 Å². The molecule has 0 spiro atoms. The molecular weight excluding hydrogens is 437 g/mol. The smallest absolute Gasteiger partial charge is 0.243 e. The molecule has 0 radical (unpaired) electrons. The number of aromatic nitrogens is 3. The van der Waals surface area contributed by atoms with E-state index in [-0.39, 0.29) is 17.1 Å². The lowest BCUT2D eigenvalue weighted by Gasteiger charge is -2.33. The lowest BCUT2D eigenvalue weighted by Crippen LogP contribution is -2.49. The average molecular weight is 462 g/mol. The van der Waals surface area contributed by atoms with Crippen LogP contribution in [0.15, 0.2) is 47.4 Å². The summed E-state index contributed by atoms with van der Waals surface area (Å²) in [5.41, 5.74) is 1.42. The van der Waals surface area contributed by atoms with Crippen molar-refractivity contribution in [1.82, 2.24) is 19.3 Å². The Hall–Kier alpha value is -2.89. The number of hydrogen-bond acceptors (Lipinski definition) is 6. The zero-order valence-corrected chi connectivity index (χ0v) is 18.4. The number of methoxy groups -OCH3 is 1. The van der Waals surface area contributed by atoms with E-state index in [4.69, 9.17) is 4.74 Å². The Kier molecular flexibility index (Phi) is 6.49. The van der Waals surface area contributed by atoms with Crippen LogP contribution in [-0.2, 0) is 26.1 Å². The third-order valence-corrected chi connectivity index (χ3v) is 7.35. The summed E-state index contributed by atoms with van der Waals surface area (Å²) in [6.45, 7) is 1.17. The van der Waals surface area contributed by atoms with E-state index >= 15 is 0 Å². The monoisotopic (exact) mass is 461 g/mol. The van der Waals surface area contributed by atoms with E-state index < -0.39 is 27.8 Å². The number of benzene rings is 2. The molecule has 9 nitrogen and oxygen atoms in total. The fourth-order valence-corrected chi connectivity index (χ4v) is 5.51. The lowest BCUT2D eigenvalue weighted by atomic mass is 10.0. The van der Waals surface area contributed by atoms with E-state index in [0.717, 1.165) is 6.42 Å². The molecule has 32 heavy (non-hydrogen) atoms. The molecule has 170 valence electrons. The highest BCUT2D eigenvalue weighted by atomic mass is 32.2. The number of anilines is 1. The molecule has 1 aliphatic heterocycles. The Morgan fingerprint density at radius 1 is 1.25 bits per heavy atom. The third-order valence-electron chi connectivity index (χ3n) is 5.45. The van der Waals surface area contributed by atoms with Crippen LogP contribution in [0.25, 0.3) is 11.0 Å². The predicted octanol–water partition coefficient (Wildman–Crippen LogP) is 2.40. The molecule has 2 heterocycles. The van der Waals surface area contributed by atoms with Crippen molar-refractivity contribution in [1.29, 1.82) is 0 Å². The van der Waals surface area contributed by atoms with Crippen LogP contribution in [0, 0.1) is 5.82 Å². The van der Waals surface area contributed by atoms with Gasteiger partial charge in [-0.3, -0.25) is 4.79 Å². The molecule has 1 N–H and O–H groups in total. The average Bonchev–Trinajstić information content (AvgIpc) is 3.20. The van der Waals surface area contributed by atoms with Gasteiger partial charge in [0.25, 0.3) is 0 Å². The summed E-state index contributed by atoms with van der Waals surface area (Å²) in [7, 11) is -2.37. The van der Waals surface area contributed by atoms with Crippen LogP contribution in [-0.4, -0.2) is 59.9 Å². The Bertz CT molecular complexity index is 1230. The summed E-state index contributed by atoms with van der Waals surface area (Å²) >= 11 is 0. The molecule has 1 aliphatic rings. The lowest BCUT2D eigenvalue weighted by molar-refractivity contribution is -0.120. The minimum absolute atomic E-state index is 0.0502. The van der Waals surface area contributed by atoms with Gasteiger partial charge in [0.15, 0.2) is 0 Å². The number of nitrogens with one attached hydrogen (secondary N) is 1. The molecule has 2 aromatic carbocycles. The Balaban J connectivity index is 1.60. The molecule has 0 bridgehead atoms. The largest absolute Gasteiger partial charge is 0.383 e. The Morgan fingerprint density at radius 3 is 2.88 bits per heavy atom. The highest BCUT2D eigenvalue weighted by Gasteiger charge is 2.38. The maximum absolute atomic E-state index is 13.5. The van der Waals surface area contributed by atoms with Gasteiger partial charge in [-0.1, -0.05) is 17.7 Å². The van der Waals surface area contributed by atoms with E-state index in [1.54, 1.807) is 23.9 Å². The number of sulfonamides is 1. The van der Waals surface area contributed by atoms with E-state index in [9.17, 15) is 17.6 Å². The van der Waals surface area contributed by atoms with Crippen LogP contribution in [0.3, 0.4) is 0 Å². The highest BCUT2D eigenvalue weighted by molar-refractivity contribution is 7.89. The molecule has 4 rings (SSSR count). The zero-order valence-electron chi connectivity index (χ0n) is 17.6. The maximum atomic E-state index is 13.5. The summed E-state index contributed by atoms with van der Waals surface area (Å²) < 4.78 is 48.3. The van der Waals surface area contributed by atoms with Gasteiger partial charge in [-0.2, -0.15) is 4.31 Å². The topological polar surface area (TPSA) is 106 Å². The summed E-state index contributed by atoms with van der Waals surface area (Å²) in [5, 5.41) is 10.8. The zero-order chi connectivity index (χ0) is 22.7. The standard InChI is InChI=1S/C21H24FN5O4S/c1-31-12-11-26-19-9-8-17(14-18(19)24-25-26)32(29,30)27-10-3-2-7-20(27)21(28)23-16-6-4-5-15(22)13-16/h4-6,8-9,13-14,20H,2-3,7,10-12H2,1H3,(H,23,28)/t20-/m1/s1. The second-order valence-corrected chi connectivity index (χ2v) is 9.47. The van der Waals surface area contributed by atoms with Crippen LogP contribution in [0.4, 0.5) is 10.1 Å². The highest BCUT2D eigenvalue weighted by Crippen LogP contribution is 2.28. The number of carbonyl (C=O) groups is 1. The molecule has 1 fully saturated rings. The maximum Gasteiger partial charge on any atom is 0.243 e. The first-order chi connectivity index (χ1) is 15.4. The first-order valence-corrected chi connectivity index (χ1v) is 11.7. The van der Waals surface area contributed by atoms with Crippen molar-refractivity contribution in [2.24, 2.45) is 0 Å². The van der Waals surface area contributed by atoms with Crippen molar-refractivity contribution < 1.29 is 22.3 Å². The number of amides is 1. The Morgan fingerprint density at radius 2 is 2.09 bits per heavy atom. The van der Waals surface area contributed by atoms with Crippen LogP contribution >= 0.6 is 0 Å². The molecule has 1 atom stereocenters. The SMILES string of the molecule is COCCn1nnc2cc(S(=O)(=O)N3CCCC[C@@H]3C(=O)Nc3cccc(F)c3)ccc21. The van der Waals surface area contributed by atoms with Crippen molar-refractivity contribution in [3.8, 4) is 0 Å². The molecule has 0 saturated carbocycles. The number of nitrogens with zero attached hydrogens (tertiary/aromatic N) is 4. The van der Waals surface area contributed by atoms with E-state index in [1.165, 1.54) is 34.6 Å². The van der Waals surface area contributed by atoms with Crippen LogP contribution in [0.5, 0.6) is 0 Å². The van der Waals surface area contributed by atoms with Crippen molar-refractivity contribution >= 4 is 32.7 Å². The quantitative estimate of drug-likeness (QED) is 0.579. The molecular formula is C21H24FN5O4S. The van der Waals surface area contributed by atoms with Gasteiger partial charge in [0.2, 0.25) is 15.9 Å². The molecule has 1 amide bonds. The van der Waals surface area contributed by atoms with E-state index in [2.05, 4.69) is 15.6 Å². The Labute approximate surface area is 185 Å². The van der Waals surface area contributed by atoms with Gasteiger partial charge in [0.1, 0.15) is 17.4 Å². The minimum atomic E-state index is -3.96. The number of ether oxygens (including phenoxy) is 1. The van der Waals surface area contributed by atoms with Gasteiger partial charge in [0, 0.05) is 19.3 Å². The summed E-state index contributed by atoms with van der Waals surface area (Å²) in [5.74, 6) is -0.965. The van der Waals surface area contributed by atoms with Crippen molar-refractivity contribution in [3.63, 3.8) is 0 Å². The number of piperidine rings is 1. The normalized spacial score (nSPS) is 17.5. The molecule has 3 aromatic rings. The number of fused-ring (bicyclic) bond motifs is 1. The molecule has 1 saturated heterocycles. The summed E-state index contributed by atoms with van der Waals surface area (Å²) in [6, 6.07) is 9.25. The third kappa shape index (κ3) is 4.50. The van der Waals surface area contributed by atoms with Gasteiger partial charge >= 0.3 is 0 Å². The number of hydrogen-bond donors (Lipinski definition) is 1.